The highest BCUT2D eigenvalue weighted by Crippen LogP contribution is 2.19. The van der Waals surface area contributed by atoms with E-state index >= 15 is 0 Å². The molecule has 1 aromatic heterocycles. The van der Waals surface area contributed by atoms with Gasteiger partial charge in [0.2, 0.25) is 0 Å². The predicted molar refractivity (Wildman–Crippen MR) is 79.8 cm³/mol. The third-order valence-corrected chi connectivity index (χ3v) is 3.40. The van der Waals surface area contributed by atoms with Gasteiger partial charge in [-0.3, -0.25) is 9.48 Å². The molecule has 100 valence electrons. The number of carbonyl (C=O) groups excluding carboxylic acids is 1. The van der Waals surface area contributed by atoms with Crippen molar-refractivity contribution in [1.29, 1.82) is 0 Å². The summed E-state index contributed by atoms with van der Waals surface area (Å²) in [5.74, 6) is -0.0929. The molecule has 3 aromatic rings. The highest BCUT2D eigenvalue weighted by Gasteiger charge is 2.09. The summed E-state index contributed by atoms with van der Waals surface area (Å²) in [5, 5.41) is 8.18. The van der Waals surface area contributed by atoms with E-state index in [1.54, 1.807) is 4.68 Å². The number of carbonyl (C=O) groups is 1. The Morgan fingerprint density at radius 2 is 2.00 bits per heavy atom. The van der Waals surface area contributed by atoms with Gasteiger partial charge in [-0.15, -0.1) is 0 Å². The number of hydrogen-bond donors (Lipinski definition) is 1. The van der Waals surface area contributed by atoms with Gasteiger partial charge in [0.1, 0.15) is 0 Å². The molecule has 4 heteroatoms. The Balaban J connectivity index is 1.91. The van der Waals surface area contributed by atoms with E-state index in [9.17, 15) is 4.79 Å². The summed E-state index contributed by atoms with van der Waals surface area (Å²) in [6, 6.07) is 13.3. The number of amides is 1. The third-order valence-electron chi connectivity index (χ3n) is 3.40. The summed E-state index contributed by atoms with van der Waals surface area (Å²) in [6.07, 6.45) is 1.81. The maximum atomic E-state index is 12.3. The second-order valence-electron chi connectivity index (χ2n) is 4.81. The molecule has 0 aliphatic heterocycles. The van der Waals surface area contributed by atoms with E-state index < -0.39 is 0 Å². The van der Waals surface area contributed by atoms with Crippen molar-refractivity contribution in [2.45, 2.75) is 6.92 Å². The summed E-state index contributed by atoms with van der Waals surface area (Å²) < 4.78 is 1.79. The summed E-state index contributed by atoms with van der Waals surface area (Å²) in [5.41, 5.74) is 3.42. The Bertz CT molecular complexity index is 789. The van der Waals surface area contributed by atoms with E-state index in [0.717, 1.165) is 22.2 Å². The first-order chi connectivity index (χ1) is 9.65. The van der Waals surface area contributed by atoms with Crippen molar-refractivity contribution >= 4 is 22.5 Å². The number of anilines is 1. The molecular formula is C16H15N3O. The molecule has 4 nitrogen and oxygen atoms in total. The monoisotopic (exact) mass is 265 g/mol. The van der Waals surface area contributed by atoms with Crippen LogP contribution in [0.15, 0.2) is 48.7 Å². The molecule has 0 fully saturated rings. The predicted octanol–water partition coefficient (Wildman–Crippen LogP) is 3.13. The molecule has 2 aromatic carbocycles. The highest BCUT2D eigenvalue weighted by molar-refractivity contribution is 6.05. The molecule has 0 saturated carbocycles. The van der Waals surface area contributed by atoms with Crippen LogP contribution in [0.25, 0.3) is 10.9 Å². The first kappa shape index (κ1) is 12.4. The molecule has 0 bridgehead atoms. The van der Waals surface area contributed by atoms with E-state index in [4.69, 9.17) is 0 Å². The number of nitrogens with zero attached hydrogens (tertiary/aromatic N) is 2. The van der Waals surface area contributed by atoms with Gasteiger partial charge in [-0.1, -0.05) is 18.2 Å². The minimum Gasteiger partial charge on any atom is -0.322 e. The van der Waals surface area contributed by atoms with Crippen LogP contribution in [0.4, 0.5) is 5.69 Å². The Hall–Kier alpha value is -2.62. The topological polar surface area (TPSA) is 46.9 Å². The van der Waals surface area contributed by atoms with Crippen molar-refractivity contribution in [1.82, 2.24) is 9.78 Å². The van der Waals surface area contributed by atoms with Gasteiger partial charge in [0.25, 0.3) is 5.91 Å². The minimum atomic E-state index is -0.0929. The number of aromatic nitrogens is 2. The van der Waals surface area contributed by atoms with E-state index in [1.807, 2.05) is 62.6 Å². The highest BCUT2D eigenvalue weighted by atomic mass is 16.1. The molecular weight excluding hydrogens is 250 g/mol. The van der Waals surface area contributed by atoms with Gasteiger partial charge >= 0.3 is 0 Å². The van der Waals surface area contributed by atoms with Crippen molar-refractivity contribution in [3.05, 3.63) is 59.8 Å². The van der Waals surface area contributed by atoms with Gasteiger partial charge in [0.05, 0.1) is 11.7 Å². The number of benzene rings is 2. The smallest absolute Gasteiger partial charge is 0.255 e. The van der Waals surface area contributed by atoms with Crippen molar-refractivity contribution in [2.24, 2.45) is 7.05 Å². The average molecular weight is 265 g/mol. The molecule has 0 aliphatic rings. The van der Waals surface area contributed by atoms with E-state index in [2.05, 4.69) is 10.4 Å². The Morgan fingerprint density at radius 1 is 1.20 bits per heavy atom. The maximum Gasteiger partial charge on any atom is 0.255 e. The number of fused-ring (bicyclic) bond motifs is 1. The van der Waals surface area contributed by atoms with Crippen LogP contribution in [0.1, 0.15) is 15.9 Å². The summed E-state index contributed by atoms with van der Waals surface area (Å²) in [7, 11) is 1.88. The Morgan fingerprint density at radius 3 is 2.80 bits per heavy atom. The molecule has 1 heterocycles. The standard InChI is InChI=1S/C16H15N3O/c1-11-5-3-4-6-14(11)16(20)18-13-8-7-12-10-17-19(2)15(12)9-13/h3-10H,1-2H3,(H,18,20). The lowest BCUT2D eigenvalue weighted by Gasteiger charge is -2.08. The SMILES string of the molecule is Cc1ccccc1C(=O)Nc1ccc2cnn(C)c2c1. The molecule has 1 amide bonds. The number of nitrogens with one attached hydrogen (secondary N) is 1. The van der Waals surface area contributed by atoms with E-state index in [-0.39, 0.29) is 5.91 Å². The van der Waals surface area contributed by atoms with E-state index in [0.29, 0.717) is 5.56 Å². The normalized spacial score (nSPS) is 10.7. The van der Waals surface area contributed by atoms with Crippen LogP contribution in [0, 0.1) is 6.92 Å². The molecule has 0 saturated heterocycles. The zero-order valence-electron chi connectivity index (χ0n) is 11.4. The molecule has 1 N–H and O–H groups in total. The maximum absolute atomic E-state index is 12.3. The molecule has 0 spiro atoms. The second kappa shape index (κ2) is 4.81. The molecule has 0 aliphatic carbocycles. The van der Waals surface area contributed by atoms with Crippen LogP contribution < -0.4 is 5.32 Å². The average Bonchev–Trinajstić information content (AvgIpc) is 2.81. The van der Waals surface area contributed by atoms with Gasteiger partial charge in [-0.05, 0) is 36.8 Å². The molecule has 0 unspecified atom stereocenters. The van der Waals surface area contributed by atoms with Crippen LogP contribution in [0.3, 0.4) is 0 Å². The molecule has 3 rings (SSSR count). The minimum absolute atomic E-state index is 0.0929. The molecule has 0 atom stereocenters. The zero-order valence-corrected chi connectivity index (χ0v) is 11.4. The third kappa shape index (κ3) is 2.16. The summed E-state index contributed by atoms with van der Waals surface area (Å²) in [4.78, 5) is 12.3. The van der Waals surface area contributed by atoms with E-state index in [1.165, 1.54) is 0 Å². The number of hydrogen-bond acceptors (Lipinski definition) is 2. The van der Waals surface area contributed by atoms with Gasteiger partial charge in [0.15, 0.2) is 0 Å². The van der Waals surface area contributed by atoms with Crippen LogP contribution >= 0.6 is 0 Å². The molecule has 0 radical (unpaired) electrons. The van der Waals surface area contributed by atoms with Crippen LogP contribution in [-0.4, -0.2) is 15.7 Å². The lowest BCUT2D eigenvalue weighted by Crippen LogP contribution is -2.13. The Kier molecular flexibility index (Phi) is 2.99. The second-order valence-corrected chi connectivity index (χ2v) is 4.81. The Labute approximate surface area is 117 Å². The van der Waals surface area contributed by atoms with Crippen molar-refractivity contribution in [2.75, 3.05) is 5.32 Å². The fourth-order valence-electron chi connectivity index (χ4n) is 2.25. The first-order valence-corrected chi connectivity index (χ1v) is 6.44. The fraction of sp³-hybridized carbons (Fsp3) is 0.125. The first-order valence-electron chi connectivity index (χ1n) is 6.44. The number of rotatable bonds is 2. The van der Waals surface area contributed by atoms with Crippen LogP contribution in [-0.2, 0) is 7.05 Å². The quantitative estimate of drug-likeness (QED) is 0.773. The lowest BCUT2D eigenvalue weighted by atomic mass is 10.1. The summed E-state index contributed by atoms with van der Waals surface area (Å²) >= 11 is 0. The fourth-order valence-corrected chi connectivity index (χ4v) is 2.25. The van der Waals surface area contributed by atoms with Crippen molar-refractivity contribution < 1.29 is 4.79 Å². The zero-order chi connectivity index (χ0) is 14.1. The van der Waals surface area contributed by atoms with Crippen LogP contribution in [0.2, 0.25) is 0 Å². The summed E-state index contributed by atoms with van der Waals surface area (Å²) in [6.45, 7) is 1.93. The van der Waals surface area contributed by atoms with Gasteiger partial charge in [0, 0.05) is 23.7 Å². The largest absolute Gasteiger partial charge is 0.322 e. The van der Waals surface area contributed by atoms with Gasteiger partial charge < -0.3 is 5.32 Å². The van der Waals surface area contributed by atoms with Gasteiger partial charge in [-0.2, -0.15) is 5.10 Å². The van der Waals surface area contributed by atoms with Crippen molar-refractivity contribution in [3.8, 4) is 0 Å². The van der Waals surface area contributed by atoms with Crippen LogP contribution in [0.5, 0.6) is 0 Å². The van der Waals surface area contributed by atoms with Gasteiger partial charge in [-0.25, -0.2) is 0 Å². The molecule has 20 heavy (non-hydrogen) atoms. The lowest BCUT2D eigenvalue weighted by molar-refractivity contribution is 0.102. The number of aryl methyl sites for hydroxylation is 2. The van der Waals surface area contributed by atoms with Crippen molar-refractivity contribution in [3.63, 3.8) is 0 Å².